The van der Waals surface area contributed by atoms with Gasteiger partial charge in [0.05, 0.1) is 17.2 Å². The van der Waals surface area contributed by atoms with Gasteiger partial charge in [-0.2, -0.15) is 5.26 Å². The molecule has 2 aromatic rings. The van der Waals surface area contributed by atoms with E-state index in [4.69, 9.17) is 19.5 Å². The van der Waals surface area contributed by atoms with Gasteiger partial charge in [-0.3, -0.25) is 4.90 Å². The molecule has 2 heterocycles. The maximum Gasteiger partial charge on any atom is 0.338 e. The number of hydrogen-bond donors (Lipinski definition) is 1. The Bertz CT molecular complexity index is 1160. The number of benzene rings is 2. The molecule has 2 amide bonds. The van der Waals surface area contributed by atoms with Gasteiger partial charge in [-0.25, -0.2) is 14.4 Å². The number of nitrogens with one attached hydrogen (secondary N) is 1. The van der Waals surface area contributed by atoms with Gasteiger partial charge in [0.25, 0.3) is 0 Å². The van der Waals surface area contributed by atoms with E-state index < -0.39 is 30.4 Å². The largest absolute Gasteiger partial charge is 0.459 e. The van der Waals surface area contributed by atoms with Crippen molar-refractivity contribution >= 4 is 18.0 Å². The molecule has 1 N–H and O–H groups in total. The van der Waals surface area contributed by atoms with Gasteiger partial charge in [0.15, 0.2) is 0 Å². The first-order chi connectivity index (χ1) is 17.8. The van der Waals surface area contributed by atoms with Crippen LogP contribution in [-0.4, -0.2) is 61.0 Å². The smallest absolute Gasteiger partial charge is 0.338 e. The molecular weight excluding hydrogens is 474 g/mol. The molecule has 0 radical (unpaired) electrons. The average molecular weight is 506 g/mol. The van der Waals surface area contributed by atoms with Gasteiger partial charge in [0, 0.05) is 25.9 Å². The van der Waals surface area contributed by atoms with Gasteiger partial charge in [-0.15, -0.1) is 0 Å². The molecule has 0 aromatic heterocycles. The highest BCUT2D eigenvalue weighted by Gasteiger charge is 2.44. The monoisotopic (exact) mass is 505 g/mol. The van der Waals surface area contributed by atoms with Crippen molar-refractivity contribution in [1.29, 1.82) is 5.26 Å². The Hall–Kier alpha value is -3.90. The Kier molecular flexibility index (Phi) is 8.41. The predicted molar refractivity (Wildman–Crippen MR) is 134 cm³/mol. The molecule has 0 aliphatic carbocycles. The molecule has 9 heteroatoms. The highest BCUT2D eigenvalue weighted by molar-refractivity contribution is 5.90. The van der Waals surface area contributed by atoms with Crippen LogP contribution >= 0.6 is 0 Å². The number of nitriles is 1. The lowest BCUT2D eigenvalue weighted by Crippen LogP contribution is -2.55. The summed E-state index contributed by atoms with van der Waals surface area (Å²) in [7, 11) is 0. The number of amides is 2. The molecular formula is C28H31N3O6. The Labute approximate surface area is 216 Å². The summed E-state index contributed by atoms with van der Waals surface area (Å²) >= 11 is 0. The minimum Gasteiger partial charge on any atom is -0.459 e. The van der Waals surface area contributed by atoms with E-state index in [1.54, 1.807) is 29.2 Å². The van der Waals surface area contributed by atoms with Gasteiger partial charge in [0.2, 0.25) is 0 Å². The van der Waals surface area contributed by atoms with Crippen molar-refractivity contribution in [2.75, 3.05) is 19.7 Å². The van der Waals surface area contributed by atoms with Crippen molar-refractivity contribution in [3.63, 3.8) is 0 Å². The number of carbonyl (C=O) groups is 3. The Morgan fingerprint density at radius 2 is 1.68 bits per heavy atom. The zero-order valence-corrected chi connectivity index (χ0v) is 21.0. The van der Waals surface area contributed by atoms with Crippen molar-refractivity contribution < 1.29 is 28.6 Å². The standard InChI is InChI=1S/C28H31N3O6/c1-18-5-9-21(10-6-18)26(32)35-17-24-23(37-27(33)22-11-7-19(2)8-12-22)14-25(36-24)31-16-20(4-3-13-29)15-30-28(31)34/h5-12,20,23-25H,3-4,14-17H2,1-2H3,(H,30,34)/t20?,23?,24-,25-/m1/s1. The zero-order valence-electron chi connectivity index (χ0n) is 21.0. The zero-order chi connectivity index (χ0) is 26.4. The molecule has 2 fully saturated rings. The van der Waals surface area contributed by atoms with Crippen LogP contribution in [-0.2, 0) is 14.2 Å². The molecule has 2 saturated heterocycles. The topological polar surface area (TPSA) is 118 Å². The van der Waals surface area contributed by atoms with E-state index in [-0.39, 0.29) is 25.0 Å². The third-order valence-electron chi connectivity index (χ3n) is 6.66. The number of aryl methyl sites for hydroxylation is 2. The van der Waals surface area contributed by atoms with E-state index in [0.717, 1.165) is 11.1 Å². The van der Waals surface area contributed by atoms with Gasteiger partial charge in [0.1, 0.15) is 25.0 Å². The lowest BCUT2D eigenvalue weighted by atomic mass is 10.0. The number of ether oxygens (including phenoxy) is 3. The van der Waals surface area contributed by atoms with Gasteiger partial charge >= 0.3 is 18.0 Å². The highest BCUT2D eigenvalue weighted by atomic mass is 16.6. The number of nitrogens with zero attached hydrogens (tertiary/aromatic N) is 2. The van der Waals surface area contributed by atoms with Gasteiger partial charge < -0.3 is 19.5 Å². The molecule has 194 valence electrons. The van der Waals surface area contributed by atoms with Crippen molar-refractivity contribution in [2.45, 2.75) is 51.5 Å². The summed E-state index contributed by atoms with van der Waals surface area (Å²) in [6, 6.07) is 15.9. The Balaban J connectivity index is 1.46. The molecule has 0 bridgehead atoms. The van der Waals surface area contributed by atoms with Crippen LogP contribution in [0.5, 0.6) is 0 Å². The van der Waals surface area contributed by atoms with Crippen molar-refractivity contribution in [2.24, 2.45) is 5.92 Å². The Morgan fingerprint density at radius 1 is 1.05 bits per heavy atom. The van der Waals surface area contributed by atoms with Crippen LogP contribution in [0.15, 0.2) is 48.5 Å². The summed E-state index contributed by atoms with van der Waals surface area (Å²) in [4.78, 5) is 39.7. The molecule has 37 heavy (non-hydrogen) atoms. The summed E-state index contributed by atoms with van der Waals surface area (Å²) in [5.74, 6) is -0.921. The second-order valence-corrected chi connectivity index (χ2v) is 9.54. The first kappa shape index (κ1) is 26.2. The molecule has 2 aliphatic rings. The fourth-order valence-electron chi connectivity index (χ4n) is 4.46. The third kappa shape index (κ3) is 6.66. The lowest BCUT2D eigenvalue weighted by molar-refractivity contribution is -0.0767. The maximum atomic E-state index is 12.9. The first-order valence-electron chi connectivity index (χ1n) is 12.4. The first-order valence-corrected chi connectivity index (χ1v) is 12.4. The second kappa shape index (κ2) is 11.9. The molecule has 9 nitrogen and oxygen atoms in total. The minimum atomic E-state index is -0.749. The van der Waals surface area contributed by atoms with Crippen LogP contribution in [0.3, 0.4) is 0 Å². The average Bonchev–Trinajstić information content (AvgIpc) is 3.29. The quantitative estimate of drug-likeness (QED) is 0.543. The lowest BCUT2D eigenvalue weighted by Gasteiger charge is -2.36. The number of rotatable bonds is 8. The van der Waals surface area contributed by atoms with Crippen LogP contribution in [0.2, 0.25) is 0 Å². The SMILES string of the molecule is Cc1ccc(C(=O)OC[C@H]2O[C@@H](N3CC(CCC#N)CNC3=O)CC2OC(=O)c2ccc(C)cc2)cc1. The summed E-state index contributed by atoms with van der Waals surface area (Å²) in [6.07, 6.45) is -0.845. The van der Waals surface area contributed by atoms with Crippen molar-refractivity contribution in [3.8, 4) is 6.07 Å². The summed E-state index contributed by atoms with van der Waals surface area (Å²) in [5, 5.41) is 11.8. The van der Waals surface area contributed by atoms with E-state index in [1.807, 2.05) is 38.1 Å². The normalized spacial score (nSPS) is 23.2. The molecule has 4 rings (SSSR count). The van der Waals surface area contributed by atoms with Crippen LogP contribution in [0.4, 0.5) is 4.79 Å². The highest BCUT2D eigenvalue weighted by Crippen LogP contribution is 2.29. The van der Waals surface area contributed by atoms with E-state index in [2.05, 4.69) is 11.4 Å². The minimum absolute atomic E-state index is 0.105. The maximum absolute atomic E-state index is 12.9. The van der Waals surface area contributed by atoms with E-state index in [9.17, 15) is 14.4 Å². The second-order valence-electron chi connectivity index (χ2n) is 9.54. The fraction of sp³-hybridized carbons (Fsp3) is 0.429. The van der Waals surface area contributed by atoms with Crippen LogP contribution in [0.25, 0.3) is 0 Å². The van der Waals surface area contributed by atoms with Gasteiger partial charge in [-0.1, -0.05) is 35.4 Å². The fourth-order valence-corrected chi connectivity index (χ4v) is 4.46. The summed E-state index contributed by atoms with van der Waals surface area (Å²) in [6.45, 7) is 4.63. The summed E-state index contributed by atoms with van der Waals surface area (Å²) in [5.41, 5.74) is 2.85. The number of carbonyl (C=O) groups excluding carboxylic acids is 3. The number of urea groups is 1. The van der Waals surface area contributed by atoms with Crippen molar-refractivity contribution in [1.82, 2.24) is 10.2 Å². The molecule has 2 aliphatic heterocycles. The van der Waals surface area contributed by atoms with Gasteiger partial charge in [-0.05, 0) is 50.5 Å². The number of hydrogen-bond acceptors (Lipinski definition) is 7. The number of esters is 2. The van der Waals surface area contributed by atoms with Crippen molar-refractivity contribution in [3.05, 3.63) is 70.8 Å². The molecule has 0 spiro atoms. The molecule has 0 saturated carbocycles. The van der Waals surface area contributed by atoms with E-state index >= 15 is 0 Å². The third-order valence-corrected chi connectivity index (χ3v) is 6.66. The van der Waals surface area contributed by atoms with E-state index in [1.165, 1.54) is 0 Å². The summed E-state index contributed by atoms with van der Waals surface area (Å²) < 4.78 is 17.5. The molecule has 2 aromatic carbocycles. The van der Waals surface area contributed by atoms with Crippen LogP contribution in [0, 0.1) is 31.1 Å². The van der Waals surface area contributed by atoms with Crippen LogP contribution in [0.1, 0.15) is 51.1 Å². The van der Waals surface area contributed by atoms with E-state index in [0.29, 0.717) is 37.1 Å². The molecule has 2 unspecified atom stereocenters. The predicted octanol–water partition coefficient (Wildman–Crippen LogP) is 3.75. The van der Waals surface area contributed by atoms with Crippen LogP contribution < -0.4 is 5.32 Å². The Morgan fingerprint density at radius 3 is 2.30 bits per heavy atom. The molecule has 4 atom stereocenters.